The molecule has 0 saturated heterocycles. The van der Waals surface area contributed by atoms with Gasteiger partial charge in [0.2, 0.25) is 0 Å². The average Bonchev–Trinajstić information content (AvgIpc) is 2.95. The van der Waals surface area contributed by atoms with E-state index in [1.54, 1.807) is 0 Å². The zero-order chi connectivity index (χ0) is 9.54. The molecule has 1 aromatic carbocycles. The van der Waals surface area contributed by atoms with Crippen LogP contribution in [0.4, 0.5) is 0 Å². The largest absolute Gasteiger partial charge is 0.493 e. The molecule has 1 aliphatic carbocycles. The normalized spacial score (nSPS) is 21.5. The van der Waals surface area contributed by atoms with E-state index in [1.165, 1.54) is 24.0 Å². The van der Waals surface area contributed by atoms with Gasteiger partial charge in [-0.05, 0) is 36.0 Å². The Balaban J connectivity index is 1.91. The maximum atomic E-state index is 6.14. The third-order valence-corrected chi connectivity index (χ3v) is 3.23. The van der Waals surface area contributed by atoms with Crippen LogP contribution < -0.4 is 10.5 Å². The van der Waals surface area contributed by atoms with Crippen LogP contribution in [0.2, 0.25) is 0 Å². The minimum absolute atomic E-state index is 0.226. The second kappa shape index (κ2) is 2.99. The van der Waals surface area contributed by atoms with E-state index in [-0.39, 0.29) is 6.04 Å². The molecule has 2 heteroatoms. The monoisotopic (exact) mass is 189 g/mol. The summed E-state index contributed by atoms with van der Waals surface area (Å²) >= 11 is 0. The van der Waals surface area contributed by atoms with E-state index in [0.29, 0.717) is 0 Å². The predicted octanol–water partition coefficient (Wildman–Crippen LogP) is 2.03. The van der Waals surface area contributed by atoms with Crippen LogP contribution in [-0.2, 0) is 6.42 Å². The third-order valence-electron chi connectivity index (χ3n) is 3.23. The Morgan fingerprint density at radius 2 is 2.21 bits per heavy atom. The molecule has 0 spiro atoms. The van der Waals surface area contributed by atoms with Gasteiger partial charge in [-0.25, -0.2) is 0 Å². The average molecular weight is 189 g/mol. The van der Waals surface area contributed by atoms with Crippen molar-refractivity contribution >= 4 is 0 Å². The van der Waals surface area contributed by atoms with Crippen LogP contribution in [-0.4, -0.2) is 6.61 Å². The Kier molecular flexibility index (Phi) is 1.77. The summed E-state index contributed by atoms with van der Waals surface area (Å²) in [6, 6.07) is 6.69. The van der Waals surface area contributed by atoms with Gasteiger partial charge in [0.05, 0.1) is 6.61 Å². The van der Waals surface area contributed by atoms with E-state index in [9.17, 15) is 0 Å². The number of hydrogen-bond acceptors (Lipinski definition) is 2. The van der Waals surface area contributed by atoms with E-state index in [0.717, 1.165) is 24.7 Å². The van der Waals surface area contributed by atoms with Gasteiger partial charge in [-0.3, -0.25) is 0 Å². The first-order chi connectivity index (χ1) is 6.84. The van der Waals surface area contributed by atoms with Gasteiger partial charge in [-0.2, -0.15) is 0 Å². The summed E-state index contributed by atoms with van der Waals surface area (Å²) in [5, 5.41) is 0. The Hall–Kier alpha value is -1.02. The van der Waals surface area contributed by atoms with Gasteiger partial charge in [-0.1, -0.05) is 12.1 Å². The Labute approximate surface area is 84.1 Å². The van der Waals surface area contributed by atoms with Crippen molar-refractivity contribution in [2.75, 3.05) is 6.61 Å². The summed E-state index contributed by atoms with van der Waals surface area (Å²) in [4.78, 5) is 0. The Morgan fingerprint density at radius 1 is 1.36 bits per heavy atom. The summed E-state index contributed by atoms with van der Waals surface area (Å²) in [5.74, 6) is 1.77. The molecule has 1 heterocycles. The lowest BCUT2D eigenvalue weighted by Gasteiger charge is -2.11. The highest BCUT2D eigenvalue weighted by Gasteiger charge is 2.30. The first kappa shape index (κ1) is 8.30. The minimum Gasteiger partial charge on any atom is -0.493 e. The third kappa shape index (κ3) is 1.30. The molecule has 1 fully saturated rings. The lowest BCUT2D eigenvalue weighted by Crippen LogP contribution is -2.12. The highest BCUT2D eigenvalue weighted by Crippen LogP contribution is 2.40. The molecular formula is C12H15NO. The van der Waals surface area contributed by atoms with Crippen LogP contribution in [0.25, 0.3) is 0 Å². The first-order valence-corrected chi connectivity index (χ1v) is 5.36. The Bertz CT molecular complexity index is 357. The molecule has 1 aliphatic heterocycles. The van der Waals surface area contributed by atoms with Crippen molar-refractivity contribution in [2.24, 2.45) is 11.7 Å². The number of hydrogen-bond donors (Lipinski definition) is 1. The summed E-state index contributed by atoms with van der Waals surface area (Å²) in [6.07, 6.45) is 3.63. The molecule has 0 radical (unpaired) electrons. The zero-order valence-corrected chi connectivity index (χ0v) is 8.20. The zero-order valence-electron chi connectivity index (χ0n) is 8.20. The minimum atomic E-state index is 0.226. The van der Waals surface area contributed by atoms with E-state index < -0.39 is 0 Å². The highest BCUT2D eigenvalue weighted by atomic mass is 16.5. The molecule has 1 saturated carbocycles. The molecular weight excluding hydrogens is 174 g/mol. The van der Waals surface area contributed by atoms with Crippen molar-refractivity contribution < 1.29 is 4.74 Å². The lowest BCUT2D eigenvalue weighted by molar-refractivity contribution is 0.356. The molecule has 3 rings (SSSR count). The fraction of sp³-hybridized carbons (Fsp3) is 0.500. The molecule has 1 aromatic rings. The van der Waals surface area contributed by atoms with Crippen LogP contribution in [0.5, 0.6) is 5.75 Å². The molecule has 2 N–H and O–H groups in total. The van der Waals surface area contributed by atoms with Crippen molar-refractivity contribution in [1.82, 2.24) is 0 Å². The van der Waals surface area contributed by atoms with Crippen LogP contribution >= 0.6 is 0 Å². The second-order valence-corrected chi connectivity index (χ2v) is 4.33. The molecule has 1 atom stereocenters. The fourth-order valence-corrected chi connectivity index (χ4v) is 2.12. The summed E-state index contributed by atoms with van der Waals surface area (Å²) < 4.78 is 5.53. The molecule has 74 valence electrons. The van der Waals surface area contributed by atoms with Gasteiger partial charge in [-0.15, -0.1) is 0 Å². The van der Waals surface area contributed by atoms with Gasteiger partial charge in [0, 0.05) is 12.5 Å². The van der Waals surface area contributed by atoms with Gasteiger partial charge in [0.15, 0.2) is 0 Å². The molecule has 0 amide bonds. The quantitative estimate of drug-likeness (QED) is 0.772. The van der Waals surface area contributed by atoms with E-state index in [1.807, 2.05) is 0 Å². The van der Waals surface area contributed by atoms with Crippen molar-refractivity contribution in [2.45, 2.75) is 25.3 Å². The number of ether oxygens (including phenoxy) is 1. The van der Waals surface area contributed by atoms with Crippen molar-refractivity contribution in [3.05, 3.63) is 29.3 Å². The first-order valence-electron chi connectivity index (χ1n) is 5.36. The van der Waals surface area contributed by atoms with Crippen LogP contribution in [0.1, 0.15) is 30.0 Å². The standard InChI is InChI=1S/C12H15NO/c13-12(9-2-3-9)10-4-1-8-5-6-14-11(8)7-10/h1,4,7,9,12H,2-3,5-6,13H2/t12-/m1/s1. The predicted molar refractivity (Wildman–Crippen MR) is 55.3 cm³/mol. The van der Waals surface area contributed by atoms with Crippen LogP contribution in [0.3, 0.4) is 0 Å². The molecule has 0 bridgehead atoms. The second-order valence-electron chi connectivity index (χ2n) is 4.33. The highest BCUT2D eigenvalue weighted by molar-refractivity contribution is 5.41. The molecule has 14 heavy (non-hydrogen) atoms. The molecule has 0 unspecified atom stereocenters. The number of fused-ring (bicyclic) bond motifs is 1. The van der Waals surface area contributed by atoms with Crippen LogP contribution in [0, 0.1) is 5.92 Å². The van der Waals surface area contributed by atoms with E-state index >= 15 is 0 Å². The SMILES string of the molecule is N[C@@H](c1ccc2c(c1)OCC2)C1CC1. The van der Waals surface area contributed by atoms with Gasteiger partial charge in [0.1, 0.15) is 5.75 Å². The maximum Gasteiger partial charge on any atom is 0.122 e. The summed E-state index contributed by atoms with van der Waals surface area (Å²) in [6.45, 7) is 0.831. The number of nitrogens with two attached hydrogens (primary N) is 1. The molecule has 0 aromatic heterocycles. The molecule has 2 aliphatic rings. The van der Waals surface area contributed by atoms with Gasteiger partial charge < -0.3 is 10.5 Å². The molecule has 2 nitrogen and oxygen atoms in total. The van der Waals surface area contributed by atoms with Crippen LogP contribution in [0.15, 0.2) is 18.2 Å². The topological polar surface area (TPSA) is 35.2 Å². The smallest absolute Gasteiger partial charge is 0.122 e. The van der Waals surface area contributed by atoms with E-state index in [2.05, 4.69) is 18.2 Å². The van der Waals surface area contributed by atoms with Crippen molar-refractivity contribution in [1.29, 1.82) is 0 Å². The fourth-order valence-electron chi connectivity index (χ4n) is 2.12. The van der Waals surface area contributed by atoms with E-state index in [4.69, 9.17) is 10.5 Å². The van der Waals surface area contributed by atoms with Gasteiger partial charge in [0.25, 0.3) is 0 Å². The number of benzene rings is 1. The summed E-state index contributed by atoms with van der Waals surface area (Å²) in [5.41, 5.74) is 8.71. The van der Waals surface area contributed by atoms with Crippen molar-refractivity contribution in [3.8, 4) is 5.75 Å². The lowest BCUT2D eigenvalue weighted by atomic mass is 10.0. The van der Waals surface area contributed by atoms with Gasteiger partial charge >= 0.3 is 0 Å². The van der Waals surface area contributed by atoms with Crippen molar-refractivity contribution in [3.63, 3.8) is 0 Å². The Morgan fingerprint density at radius 3 is 3.00 bits per heavy atom. The number of rotatable bonds is 2. The summed E-state index contributed by atoms with van der Waals surface area (Å²) in [7, 11) is 0. The maximum absolute atomic E-state index is 6.14.